The highest BCUT2D eigenvalue weighted by atomic mass is 19.1. The molecule has 0 aliphatic carbocycles. The summed E-state index contributed by atoms with van der Waals surface area (Å²) < 4.78 is 26.1. The van der Waals surface area contributed by atoms with Crippen molar-refractivity contribution in [2.45, 2.75) is 20.4 Å². The zero-order valence-corrected chi connectivity index (χ0v) is 10.2. The zero-order chi connectivity index (χ0) is 13.1. The first-order valence-corrected chi connectivity index (χ1v) is 5.54. The molecule has 0 radical (unpaired) electrons. The molecule has 0 saturated heterocycles. The third kappa shape index (κ3) is 2.80. The summed E-state index contributed by atoms with van der Waals surface area (Å²) in [4.78, 5) is 8.41. The van der Waals surface area contributed by atoms with Gasteiger partial charge in [0.25, 0.3) is 0 Å². The van der Waals surface area contributed by atoms with Gasteiger partial charge in [0.05, 0.1) is 17.6 Å². The Morgan fingerprint density at radius 2 is 1.94 bits per heavy atom. The molecule has 2 aromatic rings. The molecule has 1 aromatic carbocycles. The number of hydrogen-bond donors (Lipinski definition) is 1. The predicted molar refractivity (Wildman–Crippen MR) is 65.2 cm³/mol. The van der Waals surface area contributed by atoms with Gasteiger partial charge in [-0.2, -0.15) is 0 Å². The van der Waals surface area contributed by atoms with E-state index in [2.05, 4.69) is 15.3 Å². The van der Waals surface area contributed by atoms with Gasteiger partial charge in [0.2, 0.25) is 0 Å². The Balaban J connectivity index is 2.09. The lowest BCUT2D eigenvalue weighted by atomic mass is 10.2. The van der Waals surface area contributed by atoms with Crippen LogP contribution in [0.25, 0.3) is 0 Å². The number of aryl methyl sites for hydroxylation is 2. The van der Waals surface area contributed by atoms with E-state index in [9.17, 15) is 8.78 Å². The van der Waals surface area contributed by atoms with Crippen LogP contribution in [0.3, 0.4) is 0 Å². The van der Waals surface area contributed by atoms with Crippen LogP contribution in [0.4, 0.5) is 14.6 Å². The van der Waals surface area contributed by atoms with E-state index < -0.39 is 11.6 Å². The van der Waals surface area contributed by atoms with Gasteiger partial charge >= 0.3 is 0 Å². The molecule has 18 heavy (non-hydrogen) atoms. The van der Waals surface area contributed by atoms with E-state index in [1.54, 1.807) is 6.20 Å². The molecule has 2 rings (SSSR count). The molecule has 0 aliphatic rings. The molecule has 3 nitrogen and oxygen atoms in total. The molecule has 0 aliphatic heterocycles. The first kappa shape index (κ1) is 12.4. The highest BCUT2D eigenvalue weighted by Crippen LogP contribution is 2.12. The molecular formula is C13H13F2N3. The molecule has 0 atom stereocenters. The Labute approximate surface area is 104 Å². The number of halogens is 2. The van der Waals surface area contributed by atoms with Gasteiger partial charge in [-0.05, 0) is 19.9 Å². The summed E-state index contributed by atoms with van der Waals surface area (Å²) in [7, 11) is 0. The van der Waals surface area contributed by atoms with Crippen molar-refractivity contribution in [3.8, 4) is 0 Å². The second kappa shape index (κ2) is 5.08. The minimum atomic E-state index is -0.581. The second-order valence-corrected chi connectivity index (χ2v) is 4.02. The van der Waals surface area contributed by atoms with Crippen molar-refractivity contribution >= 4 is 5.82 Å². The highest BCUT2D eigenvalue weighted by Gasteiger charge is 2.04. The van der Waals surface area contributed by atoms with E-state index in [0.717, 1.165) is 17.5 Å². The number of nitrogens with one attached hydrogen (secondary N) is 1. The van der Waals surface area contributed by atoms with Crippen LogP contribution in [0.1, 0.15) is 17.0 Å². The number of rotatable bonds is 3. The monoisotopic (exact) mass is 249 g/mol. The second-order valence-electron chi connectivity index (χ2n) is 4.02. The summed E-state index contributed by atoms with van der Waals surface area (Å²) in [6.45, 7) is 3.96. The fourth-order valence-corrected chi connectivity index (χ4v) is 1.48. The quantitative estimate of drug-likeness (QED) is 0.908. The summed E-state index contributed by atoms with van der Waals surface area (Å²) >= 11 is 0. The van der Waals surface area contributed by atoms with Gasteiger partial charge in [-0.3, -0.25) is 4.98 Å². The molecule has 5 heteroatoms. The Hall–Kier alpha value is -2.04. The van der Waals surface area contributed by atoms with Crippen LogP contribution in [0, 0.1) is 25.5 Å². The molecule has 1 heterocycles. The molecular weight excluding hydrogens is 236 g/mol. The molecule has 0 amide bonds. The van der Waals surface area contributed by atoms with Crippen LogP contribution >= 0.6 is 0 Å². The Kier molecular flexibility index (Phi) is 3.50. The van der Waals surface area contributed by atoms with Crippen LogP contribution < -0.4 is 5.32 Å². The van der Waals surface area contributed by atoms with E-state index in [1.807, 2.05) is 13.8 Å². The molecule has 0 unspecified atom stereocenters. The first-order valence-electron chi connectivity index (χ1n) is 5.54. The molecule has 0 bridgehead atoms. The van der Waals surface area contributed by atoms with Gasteiger partial charge in [0.15, 0.2) is 0 Å². The number of anilines is 1. The largest absolute Gasteiger partial charge is 0.365 e. The summed E-state index contributed by atoms with van der Waals surface area (Å²) in [5, 5.41) is 2.95. The molecule has 0 fully saturated rings. The molecule has 94 valence electrons. The van der Waals surface area contributed by atoms with Crippen molar-refractivity contribution in [3.63, 3.8) is 0 Å². The lowest BCUT2D eigenvalue weighted by molar-refractivity contribution is 0.574. The topological polar surface area (TPSA) is 37.8 Å². The third-order valence-corrected chi connectivity index (χ3v) is 2.67. The number of hydrogen-bond acceptors (Lipinski definition) is 3. The Morgan fingerprint density at radius 3 is 2.61 bits per heavy atom. The third-order valence-electron chi connectivity index (χ3n) is 2.67. The minimum absolute atomic E-state index is 0.239. The zero-order valence-electron chi connectivity index (χ0n) is 10.2. The summed E-state index contributed by atoms with van der Waals surface area (Å²) in [5.41, 5.74) is 2.06. The van der Waals surface area contributed by atoms with Crippen molar-refractivity contribution in [1.82, 2.24) is 9.97 Å². The van der Waals surface area contributed by atoms with Gasteiger partial charge in [-0.25, -0.2) is 13.8 Å². The van der Waals surface area contributed by atoms with Crippen LogP contribution in [0.2, 0.25) is 0 Å². The maximum atomic E-state index is 13.4. The van der Waals surface area contributed by atoms with E-state index in [1.165, 1.54) is 12.1 Å². The average molecular weight is 249 g/mol. The van der Waals surface area contributed by atoms with Gasteiger partial charge in [0, 0.05) is 18.2 Å². The first-order chi connectivity index (χ1) is 8.56. The van der Waals surface area contributed by atoms with Crippen LogP contribution in [0.5, 0.6) is 0 Å². The predicted octanol–water partition coefficient (Wildman–Crippen LogP) is 2.98. The summed E-state index contributed by atoms with van der Waals surface area (Å²) in [6, 6.07) is 3.50. The Bertz CT molecular complexity index is 570. The molecule has 1 N–H and O–H groups in total. The van der Waals surface area contributed by atoms with Crippen LogP contribution in [-0.4, -0.2) is 9.97 Å². The maximum absolute atomic E-state index is 13.4. The van der Waals surface area contributed by atoms with Crippen molar-refractivity contribution in [2.24, 2.45) is 0 Å². The standard InChI is InChI=1S/C13H13F2N3/c1-8-9(2)18-13(7-16-8)17-6-10-3-4-11(14)5-12(10)15/h3-5,7H,6H2,1-2H3,(H,17,18). The number of nitrogens with zero attached hydrogens (tertiary/aromatic N) is 2. The smallest absolute Gasteiger partial charge is 0.145 e. The van der Waals surface area contributed by atoms with Gasteiger partial charge in [-0.15, -0.1) is 0 Å². The molecule has 1 aromatic heterocycles. The van der Waals surface area contributed by atoms with Gasteiger partial charge < -0.3 is 5.32 Å². The lowest BCUT2D eigenvalue weighted by Gasteiger charge is -2.08. The highest BCUT2D eigenvalue weighted by molar-refractivity contribution is 5.35. The fourth-order valence-electron chi connectivity index (χ4n) is 1.48. The Morgan fingerprint density at radius 1 is 1.17 bits per heavy atom. The lowest BCUT2D eigenvalue weighted by Crippen LogP contribution is -2.05. The SMILES string of the molecule is Cc1ncc(NCc2ccc(F)cc2F)nc1C. The molecule has 0 spiro atoms. The number of aromatic nitrogens is 2. The maximum Gasteiger partial charge on any atom is 0.145 e. The van der Waals surface area contributed by atoms with Crippen LogP contribution in [0.15, 0.2) is 24.4 Å². The summed E-state index contributed by atoms with van der Waals surface area (Å²) in [5.74, 6) is -0.580. The molecule has 0 saturated carbocycles. The van der Waals surface area contributed by atoms with E-state index in [4.69, 9.17) is 0 Å². The minimum Gasteiger partial charge on any atom is -0.365 e. The fraction of sp³-hybridized carbons (Fsp3) is 0.231. The van der Waals surface area contributed by atoms with Crippen molar-refractivity contribution in [3.05, 3.63) is 53.0 Å². The number of benzene rings is 1. The van der Waals surface area contributed by atoms with E-state index in [-0.39, 0.29) is 6.54 Å². The van der Waals surface area contributed by atoms with E-state index in [0.29, 0.717) is 11.4 Å². The van der Waals surface area contributed by atoms with E-state index >= 15 is 0 Å². The van der Waals surface area contributed by atoms with Crippen LogP contribution in [-0.2, 0) is 6.54 Å². The van der Waals surface area contributed by atoms with Crippen molar-refractivity contribution < 1.29 is 8.78 Å². The normalized spacial score (nSPS) is 10.4. The van der Waals surface area contributed by atoms with Gasteiger partial charge in [-0.1, -0.05) is 6.07 Å². The van der Waals surface area contributed by atoms with Crippen molar-refractivity contribution in [2.75, 3.05) is 5.32 Å². The average Bonchev–Trinajstić information content (AvgIpc) is 2.32. The van der Waals surface area contributed by atoms with Gasteiger partial charge in [0.1, 0.15) is 17.5 Å². The summed E-state index contributed by atoms with van der Waals surface area (Å²) in [6.07, 6.45) is 1.59. The van der Waals surface area contributed by atoms with Crippen molar-refractivity contribution in [1.29, 1.82) is 0 Å².